The molecule has 108 valence electrons. The van der Waals surface area contributed by atoms with Crippen molar-refractivity contribution >= 4 is 34.5 Å². The molecule has 0 saturated carbocycles. The Hall–Kier alpha value is -1.76. The summed E-state index contributed by atoms with van der Waals surface area (Å²) < 4.78 is 17.3. The number of hydrogen-bond donors (Lipinski definition) is 0. The molecule has 3 rings (SSSR count). The fourth-order valence-corrected chi connectivity index (χ4v) is 2.41. The summed E-state index contributed by atoms with van der Waals surface area (Å²) >= 11 is 2.31. The molecule has 0 amide bonds. The summed E-state index contributed by atoms with van der Waals surface area (Å²) in [5, 5.41) is 0. The number of fused-ring (bicyclic) bond motifs is 1. The summed E-state index contributed by atoms with van der Waals surface area (Å²) in [6, 6.07) is 9.80. The quantitative estimate of drug-likeness (QED) is 0.581. The van der Waals surface area contributed by atoms with Crippen LogP contribution in [-0.2, 0) is 0 Å². The van der Waals surface area contributed by atoms with E-state index in [9.17, 15) is 0 Å². The Morgan fingerprint density at radius 1 is 1.19 bits per heavy atom. The predicted octanol–water partition coefficient (Wildman–Crippen LogP) is 4.09. The van der Waals surface area contributed by atoms with Crippen LogP contribution in [-0.4, -0.2) is 20.1 Å². The molecule has 0 aromatic heterocycles. The Labute approximate surface area is 136 Å². The molecule has 4 nitrogen and oxygen atoms in total. The van der Waals surface area contributed by atoms with Gasteiger partial charge in [-0.3, -0.25) is 4.99 Å². The third-order valence-corrected chi connectivity index (χ3v) is 4.43. The maximum atomic E-state index is 5.39. The van der Waals surface area contributed by atoms with Gasteiger partial charge in [0.25, 0.3) is 0 Å². The molecule has 0 N–H and O–H groups in total. The highest BCUT2D eigenvalue weighted by atomic mass is 127. The molecule has 0 bridgehead atoms. The minimum absolute atomic E-state index is 0.245. The molecule has 0 saturated heterocycles. The summed E-state index contributed by atoms with van der Waals surface area (Å²) in [7, 11) is 1.63. The lowest BCUT2D eigenvalue weighted by Crippen LogP contribution is -1.92. The molecule has 0 atom stereocenters. The van der Waals surface area contributed by atoms with Gasteiger partial charge < -0.3 is 14.2 Å². The van der Waals surface area contributed by atoms with Gasteiger partial charge in [0, 0.05) is 21.4 Å². The molecule has 1 heterocycles. The number of nitrogens with zero attached hydrogens (tertiary/aromatic N) is 1. The lowest BCUT2D eigenvalue weighted by atomic mass is 10.2. The average Bonchev–Trinajstić information content (AvgIpc) is 2.94. The first kappa shape index (κ1) is 14.2. The van der Waals surface area contributed by atoms with E-state index in [4.69, 9.17) is 14.2 Å². The van der Waals surface area contributed by atoms with Crippen LogP contribution in [0.3, 0.4) is 0 Å². The zero-order chi connectivity index (χ0) is 14.8. The van der Waals surface area contributed by atoms with Crippen LogP contribution in [0.4, 0.5) is 5.69 Å². The molecule has 0 aliphatic carbocycles. The summed E-state index contributed by atoms with van der Waals surface area (Å²) in [6.07, 6.45) is 1.78. The third kappa shape index (κ3) is 2.97. The highest BCUT2D eigenvalue weighted by Crippen LogP contribution is 2.37. The molecular weight excluding hydrogens is 381 g/mol. The van der Waals surface area contributed by atoms with Gasteiger partial charge in [0.1, 0.15) is 5.75 Å². The highest BCUT2D eigenvalue weighted by molar-refractivity contribution is 14.1. The number of aryl methyl sites for hydroxylation is 1. The minimum Gasteiger partial charge on any atom is -0.496 e. The first-order valence-electron chi connectivity index (χ1n) is 6.45. The normalized spacial score (nSPS) is 12.9. The maximum Gasteiger partial charge on any atom is 0.231 e. The maximum absolute atomic E-state index is 5.39. The summed E-state index contributed by atoms with van der Waals surface area (Å²) in [5.74, 6) is 2.13. The van der Waals surface area contributed by atoms with Crippen molar-refractivity contribution in [2.45, 2.75) is 6.92 Å². The van der Waals surface area contributed by atoms with Gasteiger partial charge in [0.2, 0.25) is 6.79 Å². The molecular formula is C16H14INO3. The van der Waals surface area contributed by atoms with E-state index in [-0.39, 0.29) is 6.79 Å². The number of rotatable bonds is 3. The highest BCUT2D eigenvalue weighted by Gasteiger charge is 2.16. The van der Waals surface area contributed by atoms with Crippen molar-refractivity contribution < 1.29 is 14.2 Å². The Balaban J connectivity index is 1.93. The van der Waals surface area contributed by atoms with E-state index < -0.39 is 0 Å². The van der Waals surface area contributed by atoms with E-state index in [1.54, 1.807) is 13.3 Å². The topological polar surface area (TPSA) is 40.0 Å². The van der Waals surface area contributed by atoms with Crippen LogP contribution in [0.5, 0.6) is 17.2 Å². The Kier molecular flexibility index (Phi) is 4.01. The molecule has 0 spiro atoms. The van der Waals surface area contributed by atoms with Gasteiger partial charge in [-0.1, -0.05) is 0 Å². The Morgan fingerprint density at radius 2 is 1.95 bits per heavy atom. The molecule has 2 aromatic rings. The van der Waals surface area contributed by atoms with E-state index >= 15 is 0 Å². The first-order valence-corrected chi connectivity index (χ1v) is 7.53. The summed E-state index contributed by atoms with van der Waals surface area (Å²) in [4.78, 5) is 4.51. The van der Waals surface area contributed by atoms with Gasteiger partial charge in [-0.15, -0.1) is 0 Å². The molecule has 0 unspecified atom stereocenters. The second kappa shape index (κ2) is 5.93. The van der Waals surface area contributed by atoms with E-state index in [0.717, 1.165) is 17.0 Å². The van der Waals surface area contributed by atoms with Gasteiger partial charge in [-0.2, -0.15) is 0 Å². The van der Waals surface area contributed by atoms with Crippen LogP contribution >= 0.6 is 22.6 Å². The Morgan fingerprint density at radius 3 is 2.67 bits per heavy atom. The van der Waals surface area contributed by atoms with Gasteiger partial charge in [-0.05, 0) is 59.3 Å². The van der Waals surface area contributed by atoms with Crippen molar-refractivity contribution in [2.75, 3.05) is 13.9 Å². The standard InChI is InChI=1S/C16H14INO3/c1-10-5-12(3-4-13(10)17)18-8-11-6-15-16(21-9-20-15)7-14(11)19-2/h3-8H,9H2,1-2H3. The fraction of sp³-hybridized carbons (Fsp3) is 0.188. The van der Waals surface area contributed by atoms with Gasteiger partial charge in [0.05, 0.1) is 12.8 Å². The van der Waals surface area contributed by atoms with E-state index in [0.29, 0.717) is 11.5 Å². The van der Waals surface area contributed by atoms with Crippen molar-refractivity contribution in [2.24, 2.45) is 4.99 Å². The molecule has 1 aliphatic rings. The lowest BCUT2D eigenvalue weighted by molar-refractivity contribution is 0.174. The molecule has 1 aliphatic heterocycles. The Bertz CT molecular complexity index is 713. The predicted molar refractivity (Wildman–Crippen MR) is 90.3 cm³/mol. The number of aliphatic imine (C=N–C) groups is 1. The van der Waals surface area contributed by atoms with Gasteiger partial charge in [0.15, 0.2) is 11.5 Å². The number of halogens is 1. The lowest BCUT2D eigenvalue weighted by Gasteiger charge is -2.06. The molecule has 2 aromatic carbocycles. The van der Waals surface area contributed by atoms with Crippen LogP contribution in [0.25, 0.3) is 0 Å². The van der Waals surface area contributed by atoms with Crippen molar-refractivity contribution in [1.82, 2.24) is 0 Å². The zero-order valence-electron chi connectivity index (χ0n) is 11.7. The van der Waals surface area contributed by atoms with Crippen molar-refractivity contribution in [1.29, 1.82) is 0 Å². The number of methoxy groups -OCH3 is 1. The van der Waals surface area contributed by atoms with Crippen LogP contribution in [0.15, 0.2) is 35.3 Å². The largest absolute Gasteiger partial charge is 0.496 e. The van der Waals surface area contributed by atoms with Gasteiger partial charge >= 0.3 is 0 Å². The zero-order valence-corrected chi connectivity index (χ0v) is 13.9. The summed E-state index contributed by atoms with van der Waals surface area (Å²) in [5.41, 5.74) is 2.98. The molecule has 5 heteroatoms. The molecule has 0 fully saturated rings. The third-order valence-electron chi connectivity index (χ3n) is 3.22. The van der Waals surface area contributed by atoms with Crippen LogP contribution in [0.1, 0.15) is 11.1 Å². The number of benzene rings is 2. The second-order valence-corrected chi connectivity index (χ2v) is 5.80. The monoisotopic (exact) mass is 395 g/mol. The van der Waals surface area contributed by atoms with Crippen LogP contribution in [0.2, 0.25) is 0 Å². The van der Waals surface area contributed by atoms with E-state index in [1.165, 1.54) is 9.13 Å². The number of hydrogen-bond acceptors (Lipinski definition) is 4. The molecule has 0 radical (unpaired) electrons. The number of ether oxygens (including phenoxy) is 3. The summed E-state index contributed by atoms with van der Waals surface area (Å²) in [6.45, 7) is 2.32. The van der Waals surface area contributed by atoms with Crippen LogP contribution < -0.4 is 14.2 Å². The first-order chi connectivity index (χ1) is 10.2. The SMILES string of the molecule is COc1cc2c(cc1C=Nc1ccc(I)c(C)c1)OCO2. The van der Waals surface area contributed by atoms with E-state index in [2.05, 4.69) is 46.6 Å². The van der Waals surface area contributed by atoms with Crippen LogP contribution in [0, 0.1) is 10.5 Å². The van der Waals surface area contributed by atoms with Crippen molar-refractivity contribution in [3.05, 3.63) is 45.0 Å². The molecule has 21 heavy (non-hydrogen) atoms. The average molecular weight is 395 g/mol. The minimum atomic E-state index is 0.245. The van der Waals surface area contributed by atoms with Gasteiger partial charge in [-0.25, -0.2) is 0 Å². The van der Waals surface area contributed by atoms with Crippen molar-refractivity contribution in [3.8, 4) is 17.2 Å². The fourth-order valence-electron chi connectivity index (χ4n) is 2.07. The van der Waals surface area contributed by atoms with Crippen molar-refractivity contribution in [3.63, 3.8) is 0 Å². The van der Waals surface area contributed by atoms with E-state index in [1.807, 2.05) is 18.2 Å². The smallest absolute Gasteiger partial charge is 0.231 e. The second-order valence-electron chi connectivity index (χ2n) is 4.64.